The number of carboxylic acids is 1. The molecule has 0 aliphatic carbocycles. The van der Waals surface area contributed by atoms with Crippen LogP contribution in [-0.2, 0) is 6.61 Å². The zero-order valence-corrected chi connectivity index (χ0v) is 13.2. The van der Waals surface area contributed by atoms with Gasteiger partial charge in [0.2, 0.25) is 0 Å². The van der Waals surface area contributed by atoms with Crippen molar-refractivity contribution < 1.29 is 14.6 Å². The van der Waals surface area contributed by atoms with Crippen LogP contribution in [0.25, 0.3) is 0 Å². The Kier molecular flexibility index (Phi) is 4.91. The highest BCUT2D eigenvalue weighted by Crippen LogP contribution is 2.26. The van der Waals surface area contributed by atoms with Crippen molar-refractivity contribution in [2.45, 2.75) is 6.61 Å². The van der Waals surface area contributed by atoms with Crippen LogP contribution in [0.5, 0.6) is 5.75 Å². The average Bonchev–Trinajstić information content (AvgIpc) is 2.41. The predicted octanol–water partition coefficient (Wildman–Crippen LogP) is 5.03. The molecule has 0 bridgehead atoms. The summed E-state index contributed by atoms with van der Waals surface area (Å²) in [5, 5.41) is 10.0. The Bertz CT molecular complexity index is 659. The molecule has 3 nitrogen and oxygen atoms in total. The molecule has 20 heavy (non-hydrogen) atoms. The number of halogens is 3. The van der Waals surface area contributed by atoms with Gasteiger partial charge in [-0.05, 0) is 35.9 Å². The molecule has 2 rings (SSSR count). The highest BCUT2D eigenvalue weighted by Gasteiger charge is 2.12. The fourth-order valence-electron chi connectivity index (χ4n) is 1.59. The maximum absolute atomic E-state index is 11.1. The molecule has 0 saturated heterocycles. The standard InChI is InChI=1S/C14H9BrCl2O3/c15-9-2-4-13(10(6-9)14(18)19)20-7-8-1-3-11(16)12(17)5-8/h1-6H,7H2,(H,18,19). The first-order chi connectivity index (χ1) is 9.47. The number of rotatable bonds is 4. The Morgan fingerprint density at radius 2 is 1.90 bits per heavy atom. The van der Waals surface area contributed by atoms with E-state index in [4.69, 9.17) is 33.0 Å². The summed E-state index contributed by atoms with van der Waals surface area (Å²) in [7, 11) is 0. The van der Waals surface area contributed by atoms with Crippen LogP contribution in [0.1, 0.15) is 15.9 Å². The fourth-order valence-corrected chi connectivity index (χ4v) is 2.27. The van der Waals surface area contributed by atoms with Gasteiger partial charge < -0.3 is 9.84 Å². The van der Waals surface area contributed by atoms with E-state index in [9.17, 15) is 4.79 Å². The van der Waals surface area contributed by atoms with E-state index in [1.807, 2.05) is 0 Å². The van der Waals surface area contributed by atoms with Gasteiger partial charge in [-0.3, -0.25) is 0 Å². The number of hydrogen-bond acceptors (Lipinski definition) is 2. The van der Waals surface area contributed by atoms with Crippen molar-refractivity contribution in [1.29, 1.82) is 0 Å². The Labute approximate surface area is 134 Å². The van der Waals surface area contributed by atoms with E-state index in [1.165, 1.54) is 6.07 Å². The second-order valence-corrected chi connectivity index (χ2v) is 5.71. The van der Waals surface area contributed by atoms with Crippen molar-refractivity contribution >= 4 is 45.1 Å². The van der Waals surface area contributed by atoms with Crippen molar-refractivity contribution in [2.75, 3.05) is 0 Å². The summed E-state index contributed by atoms with van der Waals surface area (Å²) in [4.78, 5) is 11.1. The number of ether oxygens (including phenoxy) is 1. The largest absolute Gasteiger partial charge is 0.488 e. The van der Waals surface area contributed by atoms with Crippen molar-refractivity contribution in [3.8, 4) is 5.75 Å². The Balaban J connectivity index is 2.18. The number of carbonyl (C=O) groups is 1. The lowest BCUT2D eigenvalue weighted by Crippen LogP contribution is -2.03. The fraction of sp³-hybridized carbons (Fsp3) is 0.0714. The monoisotopic (exact) mass is 374 g/mol. The molecule has 2 aromatic rings. The van der Waals surface area contributed by atoms with Crippen molar-refractivity contribution in [3.05, 3.63) is 62.0 Å². The van der Waals surface area contributed by atoms with Gasteiger partial charge in [0.05, 0.1) is 10.0 Å². The number of carboxylic acid groups (broad SMARTS) is 1. The first kappa shape index (κ1) is 15.2. The van der Waals surface area contributed by atoms with Crippen LogP contribution in [0.2, 0.25) is 10.0 Å². The van der Waals surface area contributed by atoms with Gasteiger partial charge in [0.25, 0.3) is 0 Å². The first-order valence-corrected chi connectivity index (χ1v) is 7.12. The third kappa shape index (κ3) is 3.66. The molecule has 2 aromatic carbocycles. The third-order valence-electron chi connectivity index (χ3n) is 2.55. The summed E-state index contributed by atoms with van der Waals surface area (Å²) in [6.07, 6.45) is 0. The molecule has 0 fully saturated rings. The maximum Gasteiger partial charge on any atom is 0.339 e. The second kappa shape index (κ2) is 6.48. The summed E-state index contributed by atoms with van der Waals surface area (Å²) in [6.45, 7) is 0.207. The van der Waals surface area contributed by atoms with Gasteiger partial charge in [0.15, 0.2) is 0 Å². The van der Waals surface area contributed by atoms with Gasteiger partial charge in [-0.15, -0.1) is 0 Å². The second-order valence-electron chi connectivity index (χ2n) is 3.98. The molecule has 0 saturated carbocycles. The van der Waals surface area contributed by atoms with Gasteiger partial charge >= 0.3 is 5.97 Å². The van der Waals surface area contributed by atoms with E-state index < -0.39 is 5.97 Å². The lowest BCUT2D eigenvalue weighted by Gasteiger charge is -2.10. The maximum atomic E-state index is 11.1. The van der Waals surface area contributed by atoms with Gasteiger partial charge in [0, 0.05) is 4.47 Å². The van der Waals surface area contributed by atoms with Crippen molar-refractivity contribution in [2.24, 2.45) is 0 Å². The topological polar surface area (TPSA) is 46.5 Å². The summed E-state index contributed by atoms with van der Waals surface area (Å²) in [5.74, 6) is -0.748. The van der Waals surface area contributed by atoms with Crippen LogP contribution in [0.4, 0.5) is 0 Å². The van der Waals surface area contributed by atoms with E-state index in [1.54, 1.807) is 30.3 Å². The average molecular weight is 376 g/mol. The first-order valence-electron chi connectivity index (χ1n) is 5.57. The minimum atomic E-state index is -1.05. The van der Waals surface area contributed by atoms with Crippen molar-refractivity contribution in [3.63, 3.8) is 0 Å². The van der Waals surface area contributed by atoms with Crippen LogP contribution < -0.4 is 4.74 Å². The van der Waals surface area contributed by atoms with E-state index in [-0.39, 0.29) is 12.2 Å². The highest BCUT2D eigenvalue weighted by atomic mass is 79.9. The molecule has 0 aliphatic heterocycles. The Hall–Kier alpha value is -1.23. The molecule has 0 aromatic heterocycles. The van der Waals surface area contributed by atoms with Gasteiger partial charge in [-0.1, -0.05) is 45.2 Å². The molecule has 0 unspecified atom stereocenters. The molecule has 0 atom stereocenters. The van der Waals surface area contributed by atoms with E-state index in [2.05, 4.69) is 15.9 Å². The Morgan fingerprint density at radius 3 is 2.55 bits per heavy atom. The lowest BCUT2D eigenvalue weighted by atomic mass is 10.2. The van der Waals surface area contributed by atoms with E-state index >= 15 is 0 Å². The van der Waals surface area contributed by atoms with Crippen LogP contribution in [0, 0.1) is 0 Å². The van der Waals surface area contributed by atoms with Crippen molar-refractivity contribution in [1.82, 2.24) is 0 Å². The van der Waals surface area contributed by atoms with E-state index in [0.717, 1.165) is 5.56 Å². The SMILES string of the molecule is O=C(O)c1cc(Br)ccc1OCc1ccc(Cl)c(Cl)c1. The quantitative estimate of drug-likeness (QED) is 0.814. The molecule has 0 heterocycles. The number of benzene rings is 2. The van der Waals surface area contributed by atoms with Crippen LogP contribution in [0.15, 0.2) is 40.9 Å². The van der Waals surface area contributed by atoms with Gasteiger partial charge in [-0.25, -0.2) is 4.79 Å². The normalized spacial score (nSPS) is 10.3. The lowest BCUT2D eigenvalue weighted by molar-refractivity contribution is 0.0691. The molecular formula is C14H9BrCl2O3. The minimum absolute atomic E-state index is 0.0967. The third-order valence-corrected chi connectivity index (χ3v) is 3.78. The zero-order valence-electron chi connectivity index (χ0n) is 10.1. The molecule has 0 amide bonds. The van der Waals surface area contributed by atoms with Gasteiger partial charge in [-0.2, -0.15) is 0 Å². The molecule has 1 N–H and O–H groups in total. The summed E-state index contributed by atoms with van der Waals surface area (Å²) in [5.41, 5.74) is 0.901. The number of hydrogen-bond donors (Lipinski definition) is 1. The Morgan fingerprint density at radius 1 is 1.15 bits per heavy atom. The zero-order chi connectivity index (χ0) is 14.7. The molecule has 104 valence electrons. The number of aromatic carboxylic acids is 1. The molecule has 0 aliphatic rings. The summed E-state index contributed by atoms with van der Waals surface area (Å²) in [6, 6.07) is 9.94. The van der Waals surface area contributed by atoms with Gasteiger partial charge in [0.1, 0.15) is 17.9 Å². The van der Waals surface area contributed by atoms with E-state index in [0.29, 0.717) is 20.3 Å². The summed E-state index contributed by atoms with van der Waals surface area (Å²) >= 11 is 15.0. The molecule has 0 spiro atoms. The molecular weight excluding hydrogens is 367 g/mol. The minimum Gasteiger partial charge on any atom is -0.488 e. The smallest absolute Gasteiger partial charge is 0.339 e. The molecule has 6 heteroatoms. The van der Waals surface area contributed by atoms with Crippen LogP contribution in [0.3, 0.4) is 0 Å². The summed E-state index contributed by atoms with van der Waals surface area (Å²) < 4.78 is 6.21. The van der Waals surface area contributed by atoms with Crippen LogP contribution >= 0.6 is 39.1 Å². The predicted molar refractivity (Wildman–Crippen MR) is 81.9 cm³/mol. The highest BCUT2D eigenvalue weighted by molar-refractivity contribution is 9.10. The molecule has 0 radical (unpaired) electrons. The van der Waals surface area contributed by atoms with Crippen LogP contribution in [-0.4, -0.2) is 11.1 Å².